The lowest BCUT2D eigenvalue weighted by molar-refractivity contribution is 0.103. The lowest BCUT2D eigenvalue weighted by Crippen LogP contribution is -2.26. The molecule has 0 saturated carbocycles. The van der Waals surface area contributed by atoms with Gasteiger partial charge in [0.1, 0.15) is 17.8 Å². The van der Waals surface area contributed by atoms with Crippen LogP contribution in [0.15, 0.2) is 48.7 Å². The molecule has 172 valence electrons. The molecule has 2 atom stereocenters. The Kier molecular flexibility index (Phi) is 4.73. The summed E-state index contributed by atoms with van der Waals surface area (Å²) in [6.07, 6.45) is 2.19. The maximum atomic E-state index is 14.9. The number of imidazole rings is 1. The Morgan fingerprint density at radius 2 is 2.06 bits per heavy atom. The molecule has 5 aromatic rings. The van der Waals surface area contributed by atoms with Gasteiger partial charge in [0.15, 0.2) is 0 Å². The van der Waals surface area contributed by atoms with Gasteiger partial charge in [-0.1, -0.05) is 12.1 Å². The summed E-state index contributed by atoms with van der Waals surface area (Å²) >= 11 is 0. The molecule has 34 heavy (non-hydrogen) atoms. The zero-order chi connectivity index (χ0) is 23.4. The van der Waals surface area contributed by atoms with Crippen LogP contribution in [0.3, 0.4) is 0 Å². The summed E-state index contributed by atoms with van der Waals surface area (Å²) in [5.74, 6) is 0.788. The quantitative estimate of drug-likeness (QED) is 0.296. The number of fused-ring (bicyclic) bond motifs is 2. The van der Waals surface area contributed by atoms with E-state index in [1.807, 2.05) is 31.2 Å². The average Bonchev–Trinajstić information content (AvgIpc) is 3.62. The summed E-state index contributed by atoms with van der Waals surface area (Å²) < 4.78 is 16.5. The Morgan fingerprint density at radius 3 is 2.88 bits per heavy atom. The summed E-state index contributed by atoms with van der Waals surface area (Å²) in [4.78, 5) is 24.0. The largest absolute Gasteiger partial charge is 0.383 e. The summed E-state index contributed by atoms with van der Waals surface area (Å²) in [7, 11) is 0. The number of ketones is 1. The van der Waals surface area contributed by atoms with Gasteiger partial charge < -0.3 is 21.0 Å². The van der Waals surface area contributed by atoms with E-state index in [-0.39, 0.29) is 17.6 Å². The van der Waals surface area contributed by atoms with Crippen LogP contribution in [0, 0.1) is 6.92 Å². The number of nitrogen functional groups attached to an aromatic ring is 1. The summed E-state index contributed by atoms with van der Waals surface area (Å²) in [5.41, 5.74) is 10.7. The van der Waals surface area contributed by atoms with E-state index in [1.165, 1.54) is 10.9 Å². The number of nitrogens with one attached hydrogen (secondary N) is 3. The first-order valence-corrected chi connectivity index (χ1v) is 11.3. The van der Waals surface area contributed by atoms with Crippen molar-refractivity contribution < 1.29 is 9.18 Å². The fourth-order valence-corrected chi connectivity index (χ4v) is 4.77. The highest BCUT2D eigenvalue weighted by Crippen LogP contribution is 2.30. The van der Waals surface area contributed by atoms with E-state index < -0.39 is 6.17 Å². The molecule has 0 radical (unpaired) electrons. The van der Waals surface area contributed by atoms with Crippen LogP contribution < -0.4 is 11.1 Å². The lowest BCUT2D eigenvalue weighted by atomic mass is 10.0. The van der Waals surface area contributed by atoms with E-state index in [4.69, 9.17) is 5.73 Å². The number of hydrogen-bond acceptors (Lipinski definition) is 5. The van der Waals surface area contributed by atoms with Crippen LogP contribution in [0.4, 0.5) is 10.2 Å². The van der Waals surface area contributed by atoms with Gasteiger partial charge in [-0.05, 0) is 62.2 Å². The molecule has 8 nitrogen and oxygen atoms in total. The van der Waals surface area contributed by atoms with E-state index in [2.05, 4.69) is 25.4 Å². The summed E-state index contributed by atoms with van der Waals surface area (Å²) in [6, 6.07) is 12.7. The van der Waals surface area contributed by atoms with Crippen molar-refractivity contribution in [1.29, 1.82) is 0 Å². The van der Waals surface area contributed by atoms with Crippen molar-refractivity contribution in [2.24, 2.45) is 0 Å². The first-order valence-electron chi connectivity index (χ1n) is 11.3. The van der Waals surface area contributed by atoms with E-state index in [9.17, 15) is 9.18 Å². The SMILES string of the molecule is Cc1nc2cc(-n3ncc(C(=O)c4cc5ccc(C(F)C6CCCN6)cc5[nH]4)c3N)ccc2[nH]1. The van der Waals surface area contributed by atoms with Gasteiger partial charge in [0.25, 0.3) is 0 Å². The van der Waals surface area contributed by atoms with Gasteiger partial charge in [-0.3, -0.25) is 4.79 Å². The average molecular weight is 458 g/mol. The van der Waals surface area contributed by atoms with E-state index in [0.717, 1.165) is 41.6 Å². The number of aryl methyl sites for hydroxylation is 1. The lowest BCUT2D eigenvalue weighted by Gasteiger charge is -2.16. The molecular formula is C25H24FN7O. The van der Waals surface area contributed by atoms with Crippen molar-refractivity contribution in [3.63, 3.8) is 0 Å². The maximum absolute atomic E-state index is 14.9. The third-order valence-electron chi connectivity index (χ3n) is 6.54. The smallest absolute Gasteiger partial charge is 0.214 e. The van der Waals surface area contributed by atoms with Gasteiger partial charge >= 0.3 is 0 Å². The van der Waals surface area contributed by atoms with Crippen molar-refractivity contribution in [3.05, 3.63) is 71.3 Å². The minimum atomic E-state index is -1.08. The zero-order valence-electron chi connectivity index (χ0n) is 18.6. The molecule has 1 saturated heterocycles. The number of rotatable bonds is 5. The molecule has 5 N–H and O–H groups in total. The number of anilines is 1. The fourth-order valence-electron chi connectivity index (χ4n) is 4.77. The van der Waals surface area contributed by atoms with Crippen LogP contribution >= 0.6 is 0 Å². The molecule has 2 aromatic carbocycles. The van der Waals surface area contributed by atoms with E-state index >= 15 is 0 Å². The summed E-state index contributed by atoms with van der Waals surface area (Å²) in [6.45, 7) is 2.74. The van der Waals surface area contributed by atoms with Crippen molar-refractivity contribution in [3.8, 4) is 5.69 Å². The molecule has 1 fully saturated rings. The molecule has 9 heteroatoms. The topological polar surface area (TPSA) is 117 Å². The van der Waals surface area contributed by atoms with Gasteiger partial charge in [0.05, 0.1) is 34.2 Å². The number of H-pyrrole nitrogens is 2. The Hall–Kier alpha value is -3.98. The Labute approximate surface area is 194 Å². The zero-order valence-corrected chi connectivity index (χ0v) is 18.6. The molecule has 0 bridgehead atoms. The molecular weight excluding hydrogens is 433 g/mol. The van der Waals surface area contributed by atoms with E-state index in [1.54, 1.807) is 18.2 Å². The highest BCUT2D eigenvalue weighted by molar-refractivity contribution is 6.12. The Balaban J connectivity index is 1.31. The number of nitrogens with zero attached hydrogens (tertiary/aromatic N) is 3. The molecule has 4 heterocycles. The first-order chi connectivity index (χ1) is 16.5. The molecule has 3 aromatic heterocycles. The number of carbonyl (C=O) groups excluding carboxylic acids is 1. The second kappa shape index (κ2) is 7.81. The Morgan fingerprint density at radius 1 is 1.18 bits per heavy atom. The first kappa shape index (κ1) is 20.6. The maximum Gasteiger partial charge on any atom is 0.214 e. The summed E-state index contributed by atoms with van der Waals surface area (Å²) in [5, 5.41) is 8.39. The number of hydrogen-bond donors (Lipinski definition) is 4. The van der Waals surface area contributed by atoms with Crippen molar-refractivity contribution in [2.45, 2.75) is 32.0 Å². The second-order valence-corrected chi connectivity index (χ2v) is 8.84. The van der Waals surface area contributed by atoms with Gasteiger partial charge in [0, 0.05) is 16.9 Å². The van der Waals surface area contributed by atoms with Crippen LogP contribution in [0.2, 0.25) is 0 Å². The minimum absolute atomic E-state index is 0.163. The molecule has 0 amide bonds. The Bertz CT molecular complexity index is 1540. The number of benzene rings is 2. The number of aromatic nitrogens is 5. The fraction of sp³-hybridized carbons (Fsp3) is 0.240. The molecule has 2 unspecified atom stereocenters. The van der Waals surface area contributed by atoms with E-state index in [0.29, 0.717) is 28.0 Å². The number of nitrogens with two attached hydrogens (primary N) is 1. The van der Waals surface area contributed by atoms with Gasteiger partial charge in [0.2, 0.25) is 5.78 Å². The van der Waals surface area contributed by atoms with Crippen LogP contribution in [-0.4, -0.2) is 43.1 Å². The molecule has 0 spiro atoms. The minimum Gasteiger partial charge on any atom is -0.383 e. The molecule has 1 aliphatic heterocycles. The highest BCUT2D eigenvalue weighted by Gasteiger charge is 2.26. The molecule has 0 aliphatic carbocycles. The number of alkyl halides is 1. The van der Waals surface area contributed by atoms with Crippen LogP contribution in [0.1, 0.15) is 46.5 Å². The third kappa shape index (κ3) is 3.36. The normalized spacial score (nSPS) is 17.1. The number of aromatic amines is 2. The third-order valence-corrected chi connectivity index (χ3v) is 6.54. The molecule has 6 rings (SSSR count). The molecule has 1 aliphatic rings. The number of halogens is 1. The van der Waals surface area contributed by atoms with Gasteiger partial charge in [-0.25, -0.2) is 14.1 Å². The van der Waals surface area contributed by atoms with Crippen molar-refractivity contribution in [2.75, 3.05) is 12.3 Å². The monoisotopic (exact) mass is 457 g/mol. The highest BCUT2D eigenvalue weighted by atomic mass is 19.1. The second-order valence-electron chi connectivity index (χ2n) is 8.84. The predicted octanol–water partition coefficient (Wildman–Crippen LogP) is 4.11. The van der Waals surface area contributed by atoms with Crippen molar-refractivity contribution >= 4 is 33.5 Å². The van der Waals surface area contributed by atoms with Gasteiger partial charge in [-0.2, -0.15) is 5.10 Å². The van der Waals surface area contributed by atoms with Crippen molar-refractivity contribution in [1.82, 2.24) is 30.0 Å². The van der Waals surface area contributed by atoms with Gasteiger partial charge in [-0.15, -0.1) is 0 Å². The van der Waals surface area contributed by atoms with Crippen LogP contribution in [-0.2, 0) is 0 Å². The number of carbonyl (C=O) groups is 1. The van der Waals surface area contributed by atoms with Crippen LogP contribution in [0.5, 0.6) is 0 Å². The predicted molar refractivity (Wildman–Crippen MR) is 129 cm³/mol. The van der Waals surface area contributed by atoms with Crippen LogP contribution in [0.25, 0.3) is 27.6 Å². The standard InChI is InChI=1S/C25H24FN7O/c1-13-30-18-7-6-16(11-21(18)31-13)33-25(27)17(12-29-33)24(34)22-9-14-4-5-15(10-20(14)32-22)23(26)19-3-2-8-28-19/h4-7,9-12,19,23,28,32H,2-3,8,27H2,1H3,(H,30,31).